The Morgan fingerprint density at radius 3 is 2.90 bits per heavy atom. The molecule has 1 aromatic carbocycles. The maximum Gasteiger partial charge on any atom is 0.254 e. The van der Waals surface area contributed by atoms with Crippen LogP contribution in [0, 0.1) is 6.92 Å². The van der Waals surface area contributed by atoms with Crippen molar-refractivity contribution >= 4 is 5.91 Å². The van der Waals surface area contributed by atoms with Crippen molar-refractivity contribution < 1.29 is 14.6 Å². The first-order chi connectivity index (χ1) is 10.0. The van der Waals surface area contributed by atoms with E-state index in [0.29, 0.717) is 22.6 Å². The number of carbonyl (C=O) groups is 1. The average Bonchev–Trinajstić information content (AvgIpc) is 2.83. The van der Waals surface area contributed by atoms with E-state index in [0.717, 1.165) is 0 Å². The Balaban J connectivity index is 1.98. The molecule has 0 saturated heterocycles. The number of methoxy groups -OCH3 is 1. The highest BCUT2D eigenvalue weighted by Crippen LogP contribution is 2.18. The zero-order valence-electron chi connectivity index (χ0n) is 12.3. The summed E-state index contributed by atoms with van der Waals surface area (Å²) >= 11 is 0. The third-order valence-electron chi connectivity index (χ3n) is 3.19. The molecule has 1 heterocycles. The summed E-state index contributed by atoms with van der Waals surface area (Å²) in [6.45, 7) is 1.90. The van der Waals surface area contributed by atoms with Crippen LogP contribution in [-0.2, 0) is 7.05 Å². The molecule has 112 valence electrons. The van der Waals surface area contributed by atoms with Crippen LogP contribution in [0.15, 0.2) is 30.5 Å². The van der Waals surface area contributed by atoms with E-state index in [9.17, 15) is 9.90 Å². The standard InChI is InChI=1S/C15H19N3O3/c1-10-13(9-18(2)17-10)15(20)16-8-14(19)11-5-4-6-12(7-11)21-3/h4-7,9,14,19H,8H2,1-3H3,(H,16,20). The van der Waals surface area contributed by atoms with Crippen molar-refractivity contribution in [2.24, 2.45) is 7.05 Å². The fraction of sp³-hybridized carbons (Fsp3) is 0.333. The summed E-state index contributed by atoms with van der Waals surface area (Å²) in [5, 5.41) is 16.9. The van der Waals surface area contributed by atoms with Crippen LogP contribution >= 0.6 is 0 Å². The third-order valence-corrected chi connectivity index (χ3v) is 3.19. The van der Waals surface area contributed by atoms with Gasteiger partial charge in [-0.25, -0.2) is 0 Å². The SMILES string of the molecule is COc1cccc(C(O)CNC(=O)c2cn(C)nc2C)c1. The Hall–Kier alpha value is -2.34. The second-order valence-corrected chi connectivity index (χ2v) is 4.80. The zero-order chi connectivity index (χ0) is 15.4. The Kier molecular flexibility index (Phi) is 4.59. The minimum absolute atomic E-state index is 0.125. The molecule has 0 spiro atoms. The van der Waals surface area contributed by atoms with Gasteiger partial charge in [0.25, 0.3) is 5.91 Å². The summed E-state index contributed by atoms with van der Waals surface area (Å²) in [5.41, 5.74) is 1.86. The maximum absolute atomic E-state index is 12.0. The number of aryl methyl sites for hydroxylation is 2. The number of benzene rings is 1. The van der Waals surface area contributed by atoms with Gasteiger partial charge in [-0.2, -0.15) is 5.10 Å². The zero-order valence-corrected chi connectivity index (χ0v) is 12.3. The summed E-state index contributed by atoms with van der Waals surface area (Å²) in [6, 6.07) is 7.12. The minimum atomic E-state index is -0.791. The highest BCUT2D eigenvalue weighted by Gasteiger charge is 2.15. The first-order valence-electron chi connectivity index (χ1n) is 6.61. The van der Waals surface area contributed by atoms with Crippen LogP contribution in [0.4, 0.5) is 0 Å². The van der Waals surface area contributed by atoms with Crippen LogP contribution in [0.5, 0.6) is 5.75 Å². The normalized spacial score (nSPS) is 12.0. The van der Waals surface area contributed by atoms with Gasteiger partial charge in [0.2, 0.25) is 0 Å². The number of nitrogens with zero attached hydrogens (tertiary/aromatic N) is 2. The van der Waals surface area contributed by atoms with Gasteiger partial charge >= 0.3 is 0 Å². The van der Waals surface area contributed by atoms with E-state index in [2.05, 4.69) is 10.4 Å². The molecule has 1 amide bonds. The highest BCUT2D eigenvalue weighted by atomic mass is 16.5. The molecule has 0 aliphatic carbocycles. The fourth-order valence-corrected chi connectivity index (χ4v) is 2.07. The van der Waals surface area contributed by atoms with Gasteiger partial charge < -0.3 is 15.2 Å². The summed E-state index contributed by atoms with van der Waals surface area (Å²) in [5.74, 6) is 0.420. The van der Waals surface area contributed by atoms with Gasteiger partial charge in [-0.05, 0) is 24.6 Å². The topological polar surface area (TPSA) is 76.4 Å². The average molecular weight is 289 g/mol. The van der Waals surface area contributed by atoms with Gasteiger partial charge in [0.1, 0.15) is 5.75 Å². The lowest BCUT2D eigenvalue weighted by Crippen LogP contribution is -2.28. The molecule has 0 bridgehead atoms. The molecule has 6 nitrogen and oxygen atoms in total. The predicted molar refractivity (Wildman–Crippen MR) is 78.2 cm³/mol. The quantitative estimate of drug-likeness (QED) is 0.867. The van der Waals surface area contributed by atoms with Gasteiger partial charge in [-0.1, -0.05) is 12.1 Å². The number of amides is 1. The fourth-order valence-electron chi connectivity index (χ4n) is 2.07. The highest BCUT2D eigenvalue weighted by molar-refractivity contribution is 5.95. The van der Waals surface area contributed by atoms with Gasteiger partial charge in [0.05, 0.1) is 24.5 Å². The second-order valence-electron chi connectivity index (χ2n) is 4.80. The van der Waals surface area contributed by atoms with Crippen molar-refractivity contribution in [2.75, 3.05) is 13.7 Å². The molecule has 2 aromatic rings. The number of rotatable bonds is 5. The summed E-state index contributed by atoms with van der Waals surface area (Å²) in [6.07, 6.45) is 0.865. The number of aliphatic hydroxyl groups excluding tert-OH is 1. The Labute approximate surface area is 123 Å². The summed E-state index contributed by atoms with van der Waals surface area (Å²) in [4.78, 5) is 12.0. The Bertz CT molecular complexity index is 637. The largest absolute Gasteiger partial charge is 0.497 e. The molecular weight excluding hydrogens is 270 g/mol. The molecular formula is C15H19N3O3. The number of ether oxygens (including phenoxy) is 1. The first kappa shape index (κ1) is 15.1. The van der Waals surface area contributed by atoms with E-state index < -0.39 is 6.10 Å². The number of nitrogens with one attached hydrogen (secondary N) is 1. The lowest BCUT2D eigenvalue weighted by molar-refractivity contribution is 0.0915. The molecule has 1 unspecified atom stereocenters. The molecule has 21 heavy (non-hydrogen) atoms. The van der Waals surface area contributed by atoms with Crippen LogP contribution in [-0.4, -0.2) is 34.4 Å². The minimum Gasteiger partial charge on any atom is -0.497 e. The Morgan fingerprint density at radius 1 is 1.52 bits per heavy atom. The van der Waals surface area contributed by atoms with Crippen molar-refractivity contribution in [2.45, 2.75) is 13.0 Å². The molecule has 0 fully saturated rings. The van der Waals surface area contributed by atoms with Crippen LogP contribution in [0.3, 0.4) is 0 Å². The predicted octanol–water partition coefficient (Wildman–Crippen LogP) is 1.20. The van der Waals surface area contributed by atoms with E-state index in [1.54, 1.807) is 56.2 Å². The van der Waals surface area contributed by atoms with E-state index in [1.165, 1.54) is 0 Å². The second kappa shape index (κ2) is 6.41. The van der Waals surface area contributed by atoms with Crippen molar-refractivity contribution in [1.82, 2.24) is 15.1 Å². The van der Waals surface area contributed by atoms with Crippen molar-refractivity contribution in [3.8, 4) is 5.75 Å². The summed E-state index contributed by atoms with van der Waals surface area (Å²) < 4.78 is 6.69. The number of hydrogen-bond donors (Lipinski definition) is 2. The molecule has 0 saturated carbocycles. The lowest BCUT2D eigenvalue weighted by Gasteiger charge is -2.13. The number of carbonyl (C=O) groups excluding carboxylic acids is 1. The molecule has 2 rings (SSSR count). The molecule has 2 N–H and O–H groups in total. The maximum atomic E-state index is 12.0. The molecule has 0 aliphatic heterocycles. The lowest BCUT2D eigenvalue weighted by atomic mass is 10.1. The van der Waals surface area contributed by atoms with Gasteiger partial charge in [-0.3, -0.25) is 9.48 Å². The van der Waals surface area contributed by atoms with Gasteiger partial charge in [0.15, 0.2) is 0 Å². The molecule has 0 aliphatic rings. The molecule has 1 atom stereocenters. The van der Waals surface area contributed by atoms with Gasteiger partial charge in [0, 0.05) is 19.8 Å². The first-order valence-corrected chi connectivity index (χ1v) is 6.61. The van der Waals surface area contributed by atoms with Crippen LogP contribution in [0.2, 0.25) is 0 Å². The van der Waals surface area contributed by atoms with Crippen molar-refractivity contribution in [3.05, 3.63) is 47.3 Å². The Morgan fingerprint density at radius 2 is 2.29 bits per heavy atom. The number of aromatic nitrogens is 2. The van der Waals surface area contributed by atoms with Gasteiger partial charge in [-0.15, -0.1) is 0 Å². The van der Waals surface area contributed by atoms with Crippen molar-refractivity contribution in [1.29, 1.82) is 0 Å². The number of hydrogen-bond acceptors (Lipinski definition) is 4. The van der Waals surface area contributed by atoms with Crippen LogP contribution < -0.4 is 10.1 Å². The number of aliphatic hydroxyl groups is 1. The smallest absolute Gasteiger partial charge is 0.254 e. The van der Waals surface area contributed by atoms with E-state index in [1.807, 2.05) is 0 Å². The molecule has 1 aromatic heterocycles. The van der Waals surface area contributed by atoms with Crippen LogP contribution in [0.1, 0.15) is 27.7 Å². The molecule has 6 heteroatoms. The third kappa shape index (κ3) is 3.61. The van der Waals surface area contributed by atoms with E-state index in [-0.39, 0.29) is 12.5 Å². The summed E-state index contributed by atoms with van der Waals surface area (Å²) in [7, 11) is 3.33. The van der Waals surface area contributed by atoms with Crippen LogP contribution in [0.25, 0.3) is 0 Å². The van der Waals surface area contributed by atoms with E-state index in [4.69, 9.17) is 4.74 Å². The van der Waals surface area contributed by atoms with Crippen molar-refractivity contribution in [3.63, 3.8) is 0 Å². The molecule has 0 radical (unpaired) electrons. The monoisotopic (exact) mass is 289 g/mol. The van der Waals surface area contributed by atoms with E-state index >= 15 is 0 Å².